The van der Waals surface area contributed by atoms with E-state index in [-0.39, 0.29) is 16.8 Å². The third-order valence-electron chi connectivity index (χ3n) is 4.83. The summed E-state index contributed by atoms with van der Waals surface area (Å²) in [6.45, 7) is 2.05. The Morgan fingerprint density at radius 2 is 1.93 bits per heavy atom. The maximum Gasteiger partial charge on any atom is 0.358 e. The molecular formula is C21H20ClN3O2. The Hall–Kier alpha value is -2.66. The molecule has 138 valence electrons. The van der Waals surface area contributed by atoms with Gasteiger partial charge in [0.25, 0.3) is 0 Å². The van der Waals surface area contributed by atoms with Gasteiger partial charge in [0.2, 0.25) is 0 Å². The fourth-order valence-electron chi connectivity index (χ4n) is 3.23. The maximum atomic E-state index is 12.1. The summed E-state index contributed by atoms with van der Waals surface area (Å²) >= 11 is 6.44. The van der Waals surface area contributed by atoms with E-state index in [9.17, 15) is 4.79 Å². The number of methoxy groups -OCH3 is 1. The molecule has 0 aliphatic heterocycles. The number of esters is 1. The number of hydrogen-bond donors (Lipinski definition) is 1. The molecule has 0 amide bonds. The smallest absolute Gasteiger partial charge is 0.358 e. The summed E-state index contributed by atoms with van der Waals surface area (Å²) in [7, 11) is 1.32. The van der Waals surface area contributed by atoms with Crippen LogP contribution in [0.3, 0.4) is 0 Å². The lowest BCUT2D eigenvalue weighted by Crippen LogP contribution is -2.14. The van der Waals surface area contributed by atoms with Gasteiger partial charge in [0, 0.05) is 5.92 Å². The van der Waals surface area contributed by atoms with Crippen LogP contribution in [0, 0.1) is 0 Å². The molecule has 1 aromatic heterocycles. The first-order chi connectivity index (χ1) is 13.1. The zero-order valence-corrected chi connectivity index (χ0v) is 16.0. The van der Waals surface area contributed by atoms with Crippen LogP contribution in [0.15, 0.2) is 42.5 Å². The Labute approximate surface area is 162 Å². The van der Waals surface area contributed by atoms with Crippen LogP contribution < -0.4 is 5.32 Å². The summed E-state index contributed by atoms with van der Waals surface area (Å²) in [4.78, 5) is 21.0. The van der Waals surface area contributed by atoms with Crippen LogP contribution in [-0.2, 0) is 4.74 Å². The predicted octanol–water partition coefficient (Wildman–Crippen LogP) is 5.12. The lowest BCUT2D eigenvalue weighted by atomic mass is 10.00. The van der Waals surface area contributed by atoms with Crippen molar-refractivity contribution < 1.29 is 9.53 Å². The van der Waals surface area contributed by atoms with Gasteiger partial charge in [0.1, 0.15) is 16.7 Å². The molecule has 2 aromatic carbocycles. The third-order valence-corrected chi connectivity index (χ3v) is 5.19. The second kappa shape index (κ2) is 7.16. The Morgan fingerprint density at radius 1 is 1.19 bits per heavy atom. The van der Waals surface area contributed by atoms with Crippen LogP contribution in [0.2, 0.25) is 5.02 Å². The summed E-state index contributed by atoms with van der Waals surface area (Å²) in [6, 6.07) is 14.4. The molecule has 5 nitrogen and oxygen atoms in total. The van der Waals surface area contributed by atoms with Crippen molar-refractivity contribution in [2.75, 3.05) is 12.4 Å². The number of hydrogen-bond acceptors (Lipinski definition) is 5. The van der Waals surface area contributed by atoms with E-state index in [1.165, 1.54) is 17.9 Å². The van der Waals surface area contributed by atoms with Crippen LogP contribution in [0.4, 0.5) is 5.82 Å². The van der Waals surface area contributed by atoms with Crippen LogP contribution in [0.25, 0.3) is 10.8 Å². The number of ether oxygens (including phenoxy) is 1. The lowest BCUT2D eigenvalue weighted by Gasteiger charge is -2.19. The van der Waals surface area contributed by atoms with E-state index in [2.05, 4.69) is 46.5 Å². The van der Waals surface area contributed by atoms with Crippen molar-refractivity contribution in [2.24, 2.45) is 0 Å². The first-order valence-corrected chi connectivity index (χ1v) is 9.36. The molecule has 27 heavy (non-hydrogen) atoms. The summed E-state index contributed by atoms with van der Waals surface area (Å²) in [5, 5.41) is 5.90. The number of benzene rings is 2. The molecule has 0 saturated heterocycles. The second-order valence-corrected chi connectivity index (χ2v) is 7.17. The highest BCUT2D eigenvalue weighted by atomic mass is 35.5. The van der Waals surface area contributed by atoms with Gasteiger partial charge in [-0.25, -0.2) is 14.8 Å². The minimum absolute atomic E-state index is 0.0546. The normalized spacial score (nSPS) is 14.8. The van der Waals surface area contributed by atoms with E-state index in [0.29, 0.717) is 17.6 Å². The van der Waals surface area contributed by atoms with Crippen LogP contribution >= 0.6 is 11.6 Å². The monoisotopic (exact) mass is 381 g/mol. The topological polar surface area (TPSA) is 64.1 Å². The third kappa shape index (κ3) is 3.47. The molecule has 1 atom stereocenters. The van der Waals surface area contributed by atoms with Gasteiger partial charge in [-0.2, -0.15) is 0 Å². The van der Waals surface area contributed by atoms with Gasteiger partial charge in [-0.3, -0.25) is 0 Å². The van der Waals surface area contributed by atoms with Crippen molar-refractivity contribution in [1.82, 2.24) is 9.97 Å². The average Bonchev–Trinajstić information content (AvgIpc) is 3.53. The zero-order chi connectivity index (χ0) is 19.0. The molecule has 6 heteroatoms. The van der Waals surface area contributed by atoms with Gasteiger partial charge < -0.3 is 10.1 Å². The zero-order valence-electron chi connectivity index (χ0n) is 15.2. The van der Waals surface area contributed by atoms with E-state index in [1.54, 1.807) is 0 Å². The van der Waals surface area contributed by atoms with Crippen LogP contribution in [-0.4, -0.2) is 23.0 Å². The molecule has 1 N–H and O–H groups in total. The first kappa shape index (κ1) is 17.7. The van der Waals surface area contributed by atoms with Gasteiger partial charge in [0.15, 0.2) is 5.69 Å². The SMILES string of the molecule is COC(=O)c1nc(C2CC2)nc(N[C@H](C)c2cccc3ccccc23)c1Cl. The maximum absolute atomic E-state index is 12.1. The summed E-state index contributed by atoms with van der Waals surface area (Å²) in [6.07, 6.45) is 2.06. The van der Waals surface area contributed by atoms with Gasteiger partial charge in [-0.1, -0.05) is 54.1 Å². The fraction of sp³-hybridized carbons (Fsp3) is 0.286. The molecule has 3 aromatic rings. The van der Waals surface area contributed by atoms with E-state index in [4.69, 9.17) is 16.3 Å². The van der Waals surface area contributed by atoms with Crippen molar-refractivity contribution in [1.29, 1.82) is 0 Å². The largest absolute Gasteiger partial charge is 0.464 e. The average molecular weight is 382 g/mol. The number of carbonyl (C=O) groups excluding carboxylic acids is 1. The summed E-state index contributed by atoms with van der Waals surface area (Å²) in [5.41, 5.74) is 1.25. The molecule has 0 bridgehead atoms. The summed E-state index contributed by atoms with van der Waals surface area (Å²) < 4.78 is 4.83. The minimum Gasteiger partial charge on any atom is -0.464 e. The van der Waals surface area contributed by atoms with Crippen molar-refractivity contribution in [2.45, 2.75) is 31.7 Å². The molecule has 0 unspecified atom stereocenters. The Kier molecular flexibility index (Phi) is 4.70. The quantitative estimate of drug-likeness (QED) is 0.621. The fourth-order valence-corrected chi connectivity index (χ4v) is 3.44. The molecule has 1 fully saturated rings. The summed E-state index contributed by atoms with van der Waals surface area (Å²) in [5.74, 6) is 0.853. The van der Waals surface area contributed by atoms with Gasteiger partial charge in [-0.05, 0) is 36.1 Å². The van der Waals surface area contributed by atoms with Gasteiger partial charge in [0.05, 0.1) is 13.2 Å². The van der Waals surface area contributed by atoms with Crippen molar-refractivity contribution in [3.63, 3.8) is 0 Å². The van der Waals surface area contributed by atoms with Crippen molar-refractivity contribution in [3.05, 3.63) is 64.6 Å². The number of fused-ring (bicyclic) bond motifs is 1. The van der Waals surface area contributed by atoms with E-state index >= 15 is 0 Å². The molecule has 1 heterocycles. The molecule has 4 rings (SSSR count). The predicted molar refractivity (Wildman–Crippen MR) is 106 cm³/mol. The van der Waals surface area contributed by atoms with E-state index in [0.717, 1.165) is 18.4 Å². The highest BCUT2D eigenvalue weighted by Crippen LogP contribution is 2.40. The van der Waals surface area contributed by atoms with E-state index in [1.807, 2.05) is 18.2 Å². The molecule has 1 aliphatic carbocycles. The number of nitrogens with zero attached hydrogens (tertiary/aromatic N) is 2. The van der Waals surface area contributed by atoms with E-state index < -0.39 is 5.97 Å². The standard InChI is InChI=1S/C21H20ClN3O2/c1-12(15-9-5-7-13-6-3-4-8-16(13)15)23-20-17(22)18(21(26)27-2)24-19(25-20)14-10-11-14/h3-9,12,14H,10-11H2,1-2H3,(H,23,24,25)/t12-/m1/s1. The first-order valence-electron chi connectivity index (χ1n) is 8.98. The Bertz CT molecular complexity index is 1010. The molecule has 0 radical (unpaired) electrons. The number of carbonyl (C=O) groups is 1. The molecule has 0 spiro atoms. The number of aromatic nitrogens is 2. The highest BCUT2D eigenvalue weighted by molar-refractivity contribution is 6.35. The Morgan fingerprint density at radius 3 is 2.67 bits per heavy atom. The molecule has 1 saturated carbocycles. The number of nitrogens with one attached hydrogen (secondary N) is 1. The number of anilines is 1. The number of halogens is 1. The Balaban J connectivity index is 1.72. The number of rotatable bonds is 5. The van der Waals surface area contributed by atoms with Crippen LogP contribution in [0.5, 0.6) is 0 Å². The van der Waals surface area contributed by atoms with Crippen molar-refractivity contribution >= 4 is 34.2 Å². The molecular weight excluding hydrogens is 362 g/mol. The second-order valence-electron chi connectivity index (χ2n) is 6.79. The molecule has 1 aliphatic rings. The van der Waals surface area contributed by atoms with Crippen LogP contribution in [0.1, 0.15) is 53.6 Å². The lowest BCUT2D eigenvalue weighted by molar-refractivity contribution is 0.0593. The van der Waals surface area contributed by atoms with Gasteiger partial charge >= 0.3 is 5.97 Å². The highest BCUT2D eigenvalue weighted by Gasteiger charge is 2.30. The van der Waals surface area contributed by atoms with Gasteiger partial charge in [-0.15, -0.1) is 0 Å². The minimum atomic E-state index is -0.551. The van der Waals surface area contributed by atoms with Crippen molar-refractivity contribution in [3.8, 4) is 0 Å².